The molecular formula is C29H40O2. The van der Waals surface area contributed by atoms with E-state index in [0.717, 1.165) is 17.5 Å². The zero-order chi connectivity index (χ0) is 22.3. The average molecular weight is 421 g/mol. The van der Waals surface area contributed by atoms with Crippen molar-refractivity contribution in [3.8, 4) is 11.1 Å². The largest absolute Gasteiger partial charge is 0.299 e. The van der Waals surface area contributed by atoms with Crippen LogP contribution in [-0.4, -0.2) is 11.6 Å². The molecule has 0 saturated carbocycles. The molecule has 0 aromatic heterocycles. The fraction of sp³-hybridized carbons (Fsp3) is 0.517. The summed E-state index contributed by atoms with van der Waals surface area (Å²) in [6.07, 6.45) is 15.3. The summed E-state index contributed by atoms with van der Waals surface area (Å²) in [6, 6.07) is 16.4. The molecule has 2 aromatic carbocycles. The molecule has 2 heteroatoms. The molecule has 2 aromatic rings. The van der Waals surface area contributed by atoms with Crippen molar-refractivity contribution in [3.63, 3.8) is 0 Å². The van der Waals surface area contributed by atoms with Crippen LogP contribution in [-0.2, 0) is 11.2 Å². The molecule has 0 fully saturated rings. The molecule has 0 aliphatic rings. The van der Waals surface area contributed by atoms with Gasteiger partial charge in [-0.2, -0.15) is 0 Å². The summed E-state index contributed by atoms with van der Waals surface area (Å²) in [7, 11) is 0. The van der Waals surface area contributed by atoms with Crippen molar-refractivity contribution in [3.05, 3.63) is 59.7 Å². The lowest BCUT2D eigenvalue weighted by molar-refractivity contribution is -0.117. The molecule has 0 atom stereocenters. The Morgan fingerprint density at radius 1 is 0.613 bits per heavy atom. The molecule has 2 rings (SSSR count). The molecule has 0 heterocycles. The highest BCUT2D eigenvalue weighted by atomic mass is 16.1. The van der Waals surface area contributed by atoms with Crippen molar-refractivity contribution < 1.29 is 9.59 Å². The highest BCUT2D eigenvalue weighted by Crippen LogP contribution is 2.22. The smallest absolute Gasteiger partial charge is 0.170 e. The van der Waals surface area contributed by atoms with Crippen LogP contribution in [0.5, 0.6) is 0 Å². The van der Waals surface area contributed by atoms with Gasteiger partial charge in [-0.25, -0.2) is 0 Å². The van der Waals surface area contributed by atoms with Gasteiger partial charge in [0.05, 0.1) is 6.42 Å². The number of carbonyl (C=O) groups is 2. The monoisotopic (exact) mass is 420 g/mol. The van der Waals surface area contributed by atoms with Gasteiger partial charge >= 0.3 is 0 Å². The Hall–Kier alpha value is -2.22. The number of Topliss-reactive ketones (excluding diaryl/α,β-unsaturated/α-hetero) is 2. The number of hydrogen-bond donors (Lipinski definition) is 0. The van der Waals surface area contributed by atoms with Crippen molar-refractivity contribution in [2.24, 2.45) is 0 Å². The summed E-state index contributed by atoms with van der Waals surface area (Å²) in [5, 5.41) is 0. The van der Waals surface area contributed by atoms with E-state index in [0.29, 0.717) is 12.0 Å². The Bertz CT molecular complexity index is 771. The van der Waals surface area contributed by atoms with Crippen LogP contribution in [0.15, 0.2) is 48.5 Å². The van der Waals surface area contributed by atoms with Gasteiger partial charge < -0.3 is 0 Å². The molecule has 2 nitrogen and oxygen atoms in total. The van der Waals surface area contributed by atoms with Crippen LogP contribution in [0.2, 0.25) is 0 Å². The molecule has 0 amide bonds. The summed E-state index contributed by atoms with van der Waals surface area (Å²) in [5.74, 6) is -0.0997. The molecule has 0 spiro atoms. The van der Waals surface area contributed by atoms with E-state index >= 15 is 0 Å². The van der Waals surface area contributed by atoms with Crippen LogP contribution in [0.4, 0.5) is 0 Å². The molecule has 0 aliphatic heterocycles. The van der Waals surface area contributed by atoms with Gasteiger partial charge in [0.2, 0.25) is 0 Å². The normalized spacial score (nSPS) is 10.9. The molecular weight excluding hydrogens is 380 g/mol. The van der Waals surface area contributed by atoms with Crippen molar-refractivity contribution in [1.82, 2.24) is 0 Å². The number of rotatable bonds is 16. The van der Waals surface area contributed by atoms with Crippen LogP contribution in [0.25, 0.3) is 11.1 Å². The maximum absolute atomic E-state index is 12.1. The minimum Gasteiger partial charge on any atom is -0.299 e. The molecule has 0 unspecified atom stereocenters. The van der Waals surface area contributed by atoms with Gasteiger partial charge in [0, 0.05) is 12.0 Å². The maximum Gasteiger partial charge on any atom is 0.170 e. The Labute approximate surface area is 189 Å². The van der Waals surface area contributed by atoms with Crippen molar-refractivity contribution >= 4 is 11.6 Å². The van der Waals surface area contributed by atoms with E-state index in [2.05, 4.69) is 31.2 Å². The lowest BCUT2D eigenvalue weighted by Crippen LogP contribution is -2.06. The van der Waals surface area contributed by atoms with Gasteiger partial charge in [0.1, 0.15) is 5.78 Å². The quantitative estimate of drug-likeness (QED) is 0.155. The third kappa shape index (κ3) is 9.63. The van der Waals surface area contributed by atoms with Crippen LogP contribution in [0, 0.1) is 0 Å². The second-order valence-electron chi connectivity index (χ2n) is 8.70. The summed E-state index contributed by atoms with van der Waals surface area (Å²) in [4.78, 5) is 23.6. The first-order valence-electron chi connectivity index (χ1n) is 12.4. The highest BCUT2D eigenvalue weighted by molar-refractivity contribution is 6.08. The van der Waals surface area contributed by atoms with Gasteiger partial charge in [-0.3, -0.25) is 9.59 Å². The van der Waals surface area contributed by atoms with Gasteiger partial charge in [-0.15, -0.1) is 0 Å². The minimum absolute atomic E-state index is 0.00347. The van der Waals surface area contributed by atoms with Crippen LogP contribution in [0.3, 0.4) is 0 Å². The Morgan fingerprint density at radius 3 is 1.61 bits per heavy atom. The highest BCUT2D eigenvalue weighted by Gasteiger charge is 2.10. The van der Waals surface area contributed by atoms with Gasteiger partial charge in [0.15, 0.2) is 5.78 Å². The van der Waals surface area contributed by atoms with E-state index in [1.54, 1.807) is 6.92 Å². The fourth-order valence-corrected chi connectivity index (χ4v) is 3.94. The van der Waals surface area contributed by atoms with E-state index in [9.17, 15) is 9.59 Å². The SMILES string of the molecule is CCCCCCCCCCCCc1ccc(-c2ccc(C(=O)CC(=O)CC)cc2)cc1. The topological polar surface area (TPSA) is 34.1 Å². The molecule has 0 aliphatic carbocycles. The number of unbranched alkanes of at least 4 members (excludes halogenated alkanes) is 9. The summed E-state index contributed by atoms with van der Waals surface area (Å²) in [6.45, 7) is 4.06. The molecule has 0 radical (unpaired) electrons. The van der Waals surface area contributed by atoms with Crippen molar-refractivity contribution in [2.45, 2.75) is 97.3 Å². The zero-order valence-corrected chi connectivity index (χ0v) is 19.6. The number of benzene rings is 2. The maximum atomic E-state index is 12.1. The van der Waals surface area contributed by atoms with E-state index in [4.69, 9.17) is 0 Å². The summed E-state index contributed by atoms with van der Waals surface area (Å²) in [5.41, 5.74) is 4.27. The third-order valence-electron chi connectivity index (χ3n) is 6.07. The Kier molecular flexibility index (Phi) is 11.9. The number of hydrogen-bond acceptors (Lipinski definition) is 2. The predicted molar refractivity (Wildman–Crippen MR) is 132 cm³/mol. The lowest BCUT2D eigenvalue weighted by Gasteiger charge is -2.06. The summed E-state index contributed by atoms with van der Waals surface area (Å²) < 4.78 is 0. The first-order valence-corrected chi connectivity index (χ1v) is 12.4. The van der Waals surface area contributed by atoms with E-state index in [1.807, 2.05) is 24.3 Å². The molecule has 0 bridgehead atoms. The van der Waals surface area contributed by atoms with E-state index < -0.39 is 0 Å². The Balaban J connectivity index is 1.69. The van der Waals surface area contributed by atoms with Crippen LogP contribution < -0.4 is 0 Å². The molecule has 168 valence electrons. The second-order valence-corrected chi connectivity index (χ2v) is 8.70. The van der Waals surface area contributed by atoms with Gasteiger partial charge in [-0.05, 0) is 29.5 Å². The minimum atomic E-state index is -0.0924. The first kappa shape index (κ1) is 25.0. The third-order valence-corrected chi connectivity index (χ3v) is 6.07. The standard InChI is InChI=1S/C29H40O2/c1-3-5-6-7-8-9-10-11-12-13-14-24-15-17-25(18-16-24)26-19-21-27(22-20-26)29(31)23-28(30)4-2/h15-22H,3-14,23H2,1-2H3. The first-order chi connectivity index (χ1) is 15.1. The average Bonchev–Trinajstić information content (AvgIpc) is 2.80. The second kappa shape index (κ2) is 14.7. The predicted octanol–water partition coefficient (Wildman–Crippen LogP) is 8.37. The fourth-order valence-electron chi connectivity index (χ4n) is 3.94. The van der Waals surface area contributed by atoms with Crippen LogP contribution in [0.1, 0.15) is 107 Å². The Morgan fingerprint density at radius 2 is 1.10 bits per heavy atom. The van der Waals surface area contributed by atoms with E-state index in [1.165, 1.54) is 69.8 Å². The van der Waals surface area contributed by atoms with Gasteiger partial charge in [-0.1, -0.05) is 120 Å². The van der Waals surface area contributed by atoms with Crippen molar-refractivity contribution in [2.75, 3.05) is 0 Å². The van der Waals surface area contributed by atoms with E-state index in [-0.39, 0.29) is 18.0 Å². The summed E-state index contributed by atoms with van der Waals surface area (Å²) >= 11 is 0. The molecule has 0 saturated heterocycles. The number of aryl methyl sites for hydroxylation is 1. The van der Waals surface area contributed by atoms with Gasteiger partial charge in [0.25, 0.3) is 0 Å². The number of carbonyl (C=O) groups excluding carboxylic acids is 2. The lowest BCUT2D eigenvalue weighted by atomic mass is 9.98. The molecule has 31 heavy (non-hydrogen) atoms. The number of ketones is 2. The zero-order valence-electron chi connectivity index (χ0n) is 19.6. The molecule has 0 N–H and O–H groups in total. The van der Waals surface area contributed by atoms with Crippen molar-refractivity contribution in [1.29, 1.82) is 0 Å². The van der Waals surface area contributed by atoms with Crippen LogP contribution >= 0.6 is 0 Å².